The molecule has 0 radical (unpaired) electrons. The molecule has 0 saturated carbocycles. The predicted octanol–water partition coefficient (Wildman–Crippen LogP) is 12.6. The van der Waals surface area contributed by atoms with Gasteiger partial charge in [0.2, 0.25) is 20.0 Å². The molecule has 362 valence electrons. The fraction of sp³-hybridized carbons (Fsp3) is 0.0851. The van der Waals surface area contributed by atoms with Gasteiger partial charge in [0, 0.05) is 48.3 Å². The van der Waals surface area contributed by atoms with Crippen molar-refractivity contribution >= 4 is 119 Å². The van der Waals surface area contributed by atoms with E-state index in [9.17, 15) is 21.6 Å². The third kappa shape index (κ3) is 12.2. The number of hydrogen-bond acceptors (Lipinski definition) is 8. The number of rotatable bonds is 14. The van der Waals surface area contributed by atoms with Gasteiger partial charge in [-0.3, -0.25) is 4.79 Å². The van der Waals surface area contributed by atoms with Gasteiger partial charge in [-0.15, -0.1) is 0 Å². The van der Waals surface area contributed by atoms with Crippen LogP contribution in [0.3, 0.4) is 0 Å². The van der Waals surface area contributed by atoms with Crippen molar-refractivity contribution in [2.75, 3.05) is 14.2 Å². The predicted molar refractivity (Wildman–Crippen MR) is 279 cm³/mol. The number of nitrogens with zero attached hydrogens (tertiary/aromatic N) is 4. The van der Waals surface area contributed by atoms with Crippen LogP contribution in [0.4, 0.5) is 0 Å². The number of ether oxygens (including phenoxy) is 1. The summed E-state index contributed by atoms with van der Waals surface area (Å²) in [6.07, 6.45) is 0. The van der Waals surface area contributed by atoms with Crippen LogP contribution in [0, 0.1) is 0 Å². The first kappa shape index (κ1) is 53.0. The molecule has 0 fully saturated rings. The van der Waals surface area contributed by atoms with Gasteiger partial charge in [0.05, 0.1) is 68.4 Å². The fourth-order valence-electron chi connectivity index (χ4n) is 6.88. The Balaban J connectivity index is 0.000000207. The molecule has 2 heterocycles. The van der Waals surface area contributed by atoms with E-state index in [0.717, 1.165) is 5.56 Å². The third-order valence-electron chi connectivity index (χ3n) is 10.1. The molecule has 8 rings (SSSR count). The molecule has 13 nitrogen and oxygen atoms in total. The van der Waals surface area contributed by atoms with Crippen LogP contribution in [0.5, 0.6) is 5.75 Å². The number of nitrogens with one attached hydrogen (secondary N) is 3. The van der Waals surface area contributed by atoms with Crippen LogP contribution in [-0.2, 0) is 33.1 Å². The van der Waals surface area contributed by atoms with Crippen LogP contribution < -0.4 is 19.5 Å². The van der Waals surface area contributed by atoms with Crippen LogP contribution in [0.15, 0.2) is 143 Å². The zero-order valence-corrected chi connectivity index (χ0v) is 43.9. The molecule has 0 saturated heterocycles. The van der Waals surface area contributed by atoms with Crippen molar-refractivity contribution in [2.45, 2.75) is 22.9 Å². The number of benzene rings is 6. The van der Waals surface area contributed by atoms with Crippen molar-refractivity contribution in [3.8, 4) is 39.6 Å². The van der Waals surface area contributed by atoms with Crippen LogP contribution >= 0.6 is 92.8 Å². The van der Waals surface area contributed by atoms with E-state index in [2.05, 4.69) is 25.0 Å². The molecule has 3 N–H and O–H groups in total. The first-order chi connectivity index (χ1) is 33.3. The van der Waals surface area contributed by atoms with Crippen LogP contribution in [0.2, 0.25) is 40.2 Å². The van der Waals surface area contributed by atoms with Gasteiger partial charge in [0.1, 0.15) is 11.4 Å². The Morgan fingerprint density at radius 2 is 0.929 bits per heavy atom. The lowest BCUT2D eigenvalue weighted by molar-refractivity contribution is 0.0962. The minimum Gasteiger partial charge on any atom is -0.492 e. The molecule has 0 aliphatic carbocycles. The highest BCUT2D eigenvalue weighted by molar-refractivity contribution is 7.89. The Morgan fingerprint density at radius 3 is 1.36 bits per heavy atom. The number of aromatic nitrogens is 4. The van der Waals surface area contributed by atoms with Crippen molar-refractivity contribution < 1.29 is 26.4 Å². The van der Waals surface area contributed by atoms with Crippen molar-refractivity contribution in [2.24, 2.45) is 0 Å². The molecule has 23 heteroatoms. The second-order valence-corrected chi connectivity index (χ2v) is 21.6. The van der Waals surface area contributed by atoms with Gasteiger partial charge in [0.15, 0.2) is 5.75 Å². The number of hydrogen-bond donors (Lipinski definition) is 3. The van der Waals surface area contributed by atoms with Crippen molar-refractivity contribution in [1.29, 1.82) is 0 Å². The number of halogens is 8. The SMILES string of the molecule is CNC(=O)c1c(CNS(=O)(=O)c2cccc(Cl)c2)nn(-c2ccc(Cl)cc2Cl)c1-c1ccc(Cl)cc1.COc1c(CNS(=O)(=O)c2cccc(Cl)c2)nn(-c2ccc(Cl)cc2Cl)c1-c1ccc(Cl)cc1. The van der Waals surface area contributed by atoms with Crippen molar-refractivity contribution in [1.82, 2.24) is 34.3 Å². The van der Waals surface area contributed by atoms with Gasteiger partial charge in [-0.25, -0.2) is 35.6 Å². The first-order valence-electron chi connectivity index (χ1n) is 20.2. The molecule has 0 atom stereocenters. The number of amides is 1. The van der Waals surface area contributed by atoms with E-state index in [1.54, 1.807) is 95.7 Å². The summed E-state index contributed by atoms with van der Waals surface area (Å²) in [5.74, 6) is -0.0876. The van der Waals surface area contributed by atoms with Gasteiger partial charge in [-0.2, -0.15) is 10.2 Å². The lowest BCUT2D eigenvalue weighted by Gasteiger charge is -2.11. The van der Waals surface area contributed by atoms with E-state index in [0.29, 0.717) is 69.9 Å². The van der Waals surface area contributed by atoms with Crippen LogP contribution in [-0.4, -0.2) is 56.5 Å². The lowest BCUT2D eigenvalue weighted by Crippen LogP contribution is -2.26. The van der Waals surface area contributed by atoms with E-state index >= 15 is 0 Å². The van der Waals surface area contributed by atoms with E-state index in [-0.39, 0.29) is 44.2 Å². The largest absolute Gasteiger partial charge is 0.492 e. The Hall–Kier alpha value is -4.85. The highest BCUT2D eigenvalue weighted by Crippen LogP contribution is 2.39. The zero-order valence-electron chi connectivity index (χ0n) is 36.2. The van der Waals surface area contributed by atoms with E-state index in [1.807, 2.05) is 12.1 Å². The molecule has 0 aliphatic heterocycles. The minimum atomic E-state index is -3.96. The maximum atomic E-state index is 13.1. The number of sulfonamides is 2. The number of carbonyl (C=O) groups is 1. The van der Waals surface area contributed by atoms with E-state index in [4.69, 9.17) is 97.5 Å². The second kappa shape index (κ2) is 22.7. The fourth-order valence-corrected chi connectivity index (χ4v) is 10.7. The monoisotopic (exact) mass is 1140 g/mol. The highest BCUT2D eigenvalue weighted by Gasteiger charge is 2.28. The van der Waals surface area contributed by atoms with E-state index in [1.165, 1.54) is 49.2 Å². The zero-order chi connectivity index (χ0) is 50.5. The van der Waals surface area contributed by atoms with Gasteiger partial charge < -0.3 is 10.1 Å². The smallest absolute Gasteiger partial charge is 0.255 e. The number of carbonyl (C=O) groups excluding carboxylic acids is 1. The standard InChI is InChI=1S/C24H18Cl4N4O3S.C23H17Cl4N3O3S/c1-29-24(33)22-20(13-30-36(34,35)18-4-2-3-16(26)11-18)31-32(21-10-9-17(27)12-19(21)28)23(22)14-5-7-15(25)8-6-14;1-33-23-20(13-28-34(31,32)18-4-2-3-16(25)11-18)29-30(21-10-9-17(26)12-19(21)27)22(23)14-5-7-15(24)8-6-14/h2-12,30H,13H2,1H3,(H,29,33);2-12,28H,13H2,1H3. The summed E-state index contributed by atoms with van der Waals surface area (Å²) in [7, 11) is -4.86. The molecular weight excluding hydrogens is 1110 g/mol. The van der Waals surface area contributed by atoms with E-state index < -0.39 is 26.0 Å². The molecule has 0 unspecified atom stereocenters. The van der Waals surface area contributed by atoms with Crippen molar-refractivity contribution in [3.63, 3.8) is 0 Å². The summed E-state index contributed by atoms with van der Waals surface area (Å²) in [5.41, 5.74) is 4.00. The Labute approximate surface area is 443 Å². The topological polar surface area (TPSA) is 166 Å². The minimum absolute atomic E-state index is 0.0189. The lowest BCUT2D eigenvalue weighted by atomic mass is 10.0. The molecule has 8 aromatic rings. The van der Waals surface area contributed by atoms with Gasteiger partial charge >= 0.3 is 0 Å². The van der Waals surface area contributed by atoms with Crippen LogP contribution in [0.1, 0.15) is 21.7 Å². The highest BCUT2D eigenvalue weighted by atomic mass is 35.5. The summed E-state index contributed by atoms with van der Waals surface area (Å²) in [6, 6.07) is 35.6. The molecule has 0 spiro atoms. The average Bonchev–Trinajstić information content (AvgIpc) is 3.89. The molecule has 70 heavy (non-hydrogen) atoms. The van der Waals surface area contributed by atoms with Gasteiger partial charge in [-0.1, -0.05) is 129 Å². The quantitative estimate of drug-likeness (QED) is 0.0968. The first-order valence-corrected chi connectivity index (χ1v) is 26.2. The average molecular weight is 1140 g/mol. The molecule has 0 bridgehead atoms. The summed E-state index contributed by atoms with van der Waals surface area (Å²) in [4.78, 5) is 13.1. The summed E-state index contributed by atoms with van der Waals surface area (Å²) in [5, 5.41) is 15.0. The summed E-state index contributed by atoms with van der Waals surface area (Å²) < 4.78 is 65.3. The Bertz CT molecular complexity index is 3470. The van der Waals surface area contributed by atoms with Crippen LogP contribution in [0.25, 0.3) is 33.9 Å². The molecule has 0 aliphatic rings. The summed E-state index contributed by atoms with van der Waals surface area (Å²) >= 11 is 49.2. The molecule has 6 aromatic carbocycles. The maximum Gasteiger partial charge on any atom is 0.255 e. The second-order valence-electron chi connectivity index (χ2n) is 14.7. The normalized spacial score (nSPS) is 11.5. The maximum absolute atomic E-state index is 13.1. The Morgan fingerprint density at radius 1 is 0.529 bits per heavy atom. The number of methoxy groups -OCH3 is 1. The Kier molecular flexibility index (Phi) is 17.2. The molecule has 1 amide bonds. The third-order valence-corrected chi connectivity index (χ3v) is 15.0. The summed E-state index contributed by atoms with van der Waals surface area (Å²) in [6.45, 7) is -0.423. The van der Waals surface area contributed by atoms with Gasteiger partial charge in [0.25, 0.3) is 5.91 Å². The van der Waals surface area contributed by atoms with Gasteiger partial charge in [-0.05, 0) is 97.1 Å². The molecular formula is C47H35Cl8N7O6S2. The molecule has 2 aromatic heterocycles. The van der Waals surface area contributed by atoms with Crippen molar-refractivity contribution in [3.05, 3.63) is 191 Å².